The van der Waals surface area contributed by atoms with E-state index in [1.165, 1.54) is 17.2 Å². The van der Waals surface area contributed by atoms with Crippen molar-refractivity contribution in [1.82, 2.24) is 0 Å². The molecule has 5 rings (SSSR count). The third kappa shape index (κ3) is 1.83. The van der Waals surface area contributed by atoms with Crippen molar-refractivity contribution < 1.29 is 8.83 Å². The number of para-hydroxylation sites is 1. The molecule has 0 radical (unpaired) electrons. The normalized spacial score (nSPS) is 13.7. The van der Waals surface area contributed by atoms with Gasteiger partial charge in [-0.1, -0.05) is 12.1 Å². The Morgan fingerprint density at radius 2 is 1.67 bits per heavy atom. The number of anilines is 1. The molecule has 0 spiro atoms. The van der Waals surface area contributed by atoms with Crippen LogP contribution in [0.15, 0.2) is 56.1 Å². The maximum Gasteiger partial charge on any atom is 0.336 e. The van der Waals surface area contributed by atoms with Gasteiger partial charge < -0.3 is 14.6 Å². The smallest absolute Gasteiger partial charge is 0.336 e. The van der Waals surface area contributed by atoms with Gasteiger partial charge in [0.15, 0.2) is 5.76 Å². The van der Waals surface area contributed by atoms with Crippen molar-refractivity contribution in [3.05, 3.63) is 64.0 Å². The minimum atomic E-state index is -0.393. The molecule has 0 aliphatic heterocycles. The fourth-order valence-corrected chi connectivity index (χ4v) is 3.68. The molecule has 2 aromatic heterocycles. The summed E-state index contributed by atoms with van der Waals surface area (Å²) in [5.41, 5.74) is 11.0. The van der Waals surface area contributed by atoms with Crippen LogP contribution in [0.1, 0.15) is 17.5 Å². The predicted molar refractivity (Wildman–Crippen MR) is 94.1 cm³/mol. The highest BCUT2D eigenvalue weighted by molar-refractivity contribution is 6.03. The molecule has 0 fully saturated rings. The molecule has 1 aliphatic rings. The molecule has 4 heteroatoms. The number of fused-ring (bicyclic) bond motifs is 3. The number of benzene rings is 2. The first-order valence-corrected chi connectivity index (χ1v) is 8.08. The highest BCUT2D eigenvalue weighted by Crippen LogP contribution is 2.39. The van der Waals surface area contributed by atoms with Gasteiger partial charge >= 0.3 is 5.63 Å². The Morgan fingerprint density at radius 3 is 2.50 bits per heavy atom. The van der Waals surface area contributed by atoms with E-state index in [1.807, 2.05) is 30.3 Å². The van der Waals surface area contributed by atoms with Crippen molar-refractivity contribution in [2.45, 2.75) is 19.3 Å². The van der Waals surface area contributed by atoms with Gasteiger partial charge in [-0.3, -0.25) is 0 Å². The summed E-state index contributed by atoms with van der Waals surface area (Å²) in [5.74, 6) is 0.534. The Labute approximate surface area is 137 Å². The predicted octanol–water partition coefficient (Wildman–Crippen LogP) is 4.28. The molecule has 118 valence electrons. The summed E-state index contributed by atoms with van der Waals surface area (Å²) in [6.45, 7) is 0. The molecule has 0 unspecified atom stereocenters. The van der Waals surface area contributed by atoms with Crippen LogP contribution in [0.2, 0.25) is 0 Å². The monoisotopic (exact) mass is 317 g/mol. The van der Waals surface area contributed by atoms with E-state index in [0.29, 0.717) is 28.2 Å². The number of rotatable bonds is 1. The molecule has 2 heterocycles. The molecule has 0 bridgehead atoms. The lowest BCUT2D eigenvalue weighted by atomic mass is 10.0. The van der Waals surface area contributed by atoms with E-state index in [9.17, 15) is 4.79 Å². The Morgan fingerprint density at radius 1 is 0.875 bits per heavy atom. The maximum atomic E-state index is 12.1. The van der Waals surface area contributed by atoms with Gasteiger partial charge in [0.2, 0.25) is 0 Å². The molecular weight excluding hydrogens is 302 g/mol. The molecule has 2 N–H and O–H groups in total. The Hall–Kier alpha value is -3.01. The summed E-state index contributed by atoms with van der Waals surface area (Å²) in [6, 6.07) is 13.2. The zero-order valence-corrected chi connectivity index (χ0v) is 13.0. The third-order valence-corrected chi connectivity index (χ3v) is 4.84. The first kappa shape index (κ1) is 13.4. The number of aryl methyl sites for hydroxylation is 2. The number of hydrogen-bond donors (Lipinski definition) is 1. The summed E-state index contributed by atoms with van der Waals surface area (Å²) in [5, 5.41) is 1.73. The minimum absolute atomic E-state index is 0.393. The van der Waals surface area contributed by atoms with Crippen LogP contribution >= 0.6 is 0 Å². The number of hydrogen-bond acceptors (Lipinski definition) is 4. The van der Waals surface area contributed by atoms with Gasteiger partial charge in [0.25, 0.3) is 0 Å². The van der Waals surface area contributed by atoms with Gasteiger partial charge in [0, 0.05) is 22.4 Å². The van der Waals surface area contributed by atoms with Crippen molar-refractivity contribution in [3.8, 4) is 11.3 Å². The average molecular weight is 317 g/mol. The molecule has 1 aliphatic carbocycles. The van der Waals surface area contributed by atoms with Crippen molar-refractivity contribution >= 4 is 27.6 Å². The van der Waals surface area contributed by atoms with Crippen molar-refractivity contribution in [3.63, 3.8) is 0 Å². The average Bonchev–Trinajstić information content (AvgIpc) is 3.17. The van der Waals surface area contributed by atoms with Gasteiger partial charge in [-0.25, -0.2) is 4.79 Å². The van der Waals surface area contributed by atoms with Crippen LogP contribution in [0, 0.1) is 0 Å². The highest BCUT2D eigenvalue weighted by Gasteiger charge is 2.20. The molecule has 0 atom stereocenters. The zero-order chi connectivity index (χ0) is 16.3. The van der Waals surface area contributed by atoms with Crippen LogP contribution in [0.25, 0.3) is 33.3 Å². The van der Waals surface area contributed by atoms with E-state index >= 15 is 0 Å². The van der Waals surface area contributed by atoms with Gasteiger partial charge in [0.1, 0.15) is 11.2 Å². The van der Waals surface area contributed by atoms with Crippen molar-refractivity contribution in [2.24, 2.45) is 0 Å². The fraction of sp³-hybridized carbons (Fsp3) is 0.150. The molecule has 0 saturated heterocycles. The minimum Gasteiger partial charge on any atom is -0.454 e. The van der Waals surface area contributed by atoms with E-state index < -0.39 is 5.63 Å². The quantitative estimate of drug-likeness (QED) is 0.532. The van der Waals surface area contributed by atoms with Gasteiger partial charge in [-0.2, -0.15) is 0 Å². The first-order chi connectivity index (χ1) is 11.7. The van der Waals surface area contributed by atoms with E-state index in [4.69, 9.17) is 14.6 Å². The summed E-state index contributed by atoms with van der Waals surface area (Å²) in [6.07, 6.45) is 3.23. The zero-order valence-electron chi connectivity index (χ0n) is 13.0. The van der Waals surface area contributed by atoms with E-state index in [2.05, 4.69) is 6.07 Å². The summed E-state index contributed by atoms with van der Waals surface area (Å²) >= 11 is 0. The van der Waals surface area contributed by atoms with E-state index in [-0.39, 0.29) is 0 Å². The van der Waals surface area contributed by atoms with Gasteiger partial charge in [-0.05, 0) is 54.7 Å². The second kappa shape index (κ2) is 4.74. The highest BCUT2D eigenvalue weighted by atomic mass is 16.4. The lowest BCUT2D eigenvalue weighted by Crippen LogP contribution is -1.99. The van der Waals surface area contributed by atoms with Crippen molar-refractivity contribution in [2.75, 3.05) is 5.73 Å². The second-order valence-corrected chi connectivity index (χ2v) is 6.29. The van der Waals surface area contributed by atoms with Crippen LogP contribution in [0.5, 0.6) is 0 Å². The second-order valence-electron chi connectivity index (χ2n) is 6.29. The molecule has 0 saturated carbocycles. The summed E-state index contributed by atoms with van der Waals surface area (Å²) in [7, 11) is 0. The number of nitrogen functional groups attached to an aromatic ring is 1. The van der Waals surface area contributed by atoms with Crippen LogP contribution in [0.4, 0.5) is 5.69 Å². The van der Waals surface area contributed by atoms with Gasteiger partial charge in [-0.15, -0.1) is 0 Å². The SMILES string of the molecule is Nc1c(-c2cc(=O)oc3cc4c(cc23)CCC4)oc2ccccc12. The Balaban J connectivity index is 1.88. The largest absolute Gasteiger partial charge is 0.454 e. The molecule has 24 heavy (non-hydrogen) atoms. The van der Waals surface area contributed by atoms with Crippen LogP contribution in [-0.2, 0) is 12.8 Å². The Kier molecular flexibility index (Phi) is 2.65. The third-order valence-electron chi connectivity index (χ3n) is 4.84. The fourth-order valence-electron chi connectivity index (χ4n) is 3.68. The number of furan rings is 1. The summed E-state index contributed by atoms with van der Waals surface area (Å²) in [4.78, 5) is 12.1. The Bertz CT molecular complexity index is 1170. The number of nitrogens with two attached hydrogens (primary N) is 1. The van der Waals surface area contributed by atoms with Gasteiger partial charge in [0.05, 0.1) is 5.69 Å². The molecule has 2 aromatic carbocycles. The van der Waals surface area contributed by atoms with E-state index in [1.54, 1.807) is 0 Å². The van der Waals surface area contributed by atoms with Crippen LogP contribution in [-0.4, -0.2) is 0 Å². The molecule has 4 aromatic rings. The first-order valence-electron chi connectivity index (χ1n) is 8.08. The van der Waals surface area contributed by atoms with Crippen LogP contribution in [0.3, 0.4) is 0 Å². The van der Waals surface area contributed by atoms with Crippen LogP contribution < -0.4 is 11.4 Å². The lowest BCUT2D eigenvalue weighted by Gasteiger charge is -2.07. The molecule has 0 amide bonds. The molecular formula is C20H15NO3. The lowest BCUT2D eigenvalue weighted by molar-refractivity contribution is 0.559. The standard InChI is InChI=1S/C20H15NO3/c21-19-13-6-1-2-7-16(13)24-20(19)15-10-18(22)23-17-9-12-5-3-4-11(12)8-14(15)17/h1-2,6-10H,3-5,21H2. The maximum absolute atomic E-state index is 12.1. The van der Waals surface area contributed by atoms with E-state index in [0.717, 1.165) is 30.0 Å². The topological polar surface area (TPSA) is 69.4 Å². The summed E-state index contributed by atoms with van der Waals surface area (Å²) < 4.78 is 11.4. The molecule has 4 nitrogen and oxygen atoms in total. The van der Waals surface area contributed by atoms with Crippen molar-refractivity contribution in [1.29, 1.82) is 0 Å².